The highest BCUT2D eigenvalue weighted by molar-refractivity contribution is 7.91. The van der Waals surface area contributed by atoms with Gasteiger partial charge >= 0.3 is 12.1 Å². The van der Waals surface area contributed by atoms with Crippen molar-refractivity contribution in [2.24, 2.45) is 11.5 Å². The van der Waals surface area contributed by atoms with E-state index in [1.165, 1.54) is 24.3 Å². The Morgan fingerprint density at radius 2 is 1.84 bits per heavy atom. The molecule has 1 amide bonds. The number of guanidine groups is 1. The number of carboxylic acids is 1. The molecule has 0 fully saturated rings. The van der Waals surface area contributed by atoms with Crippen LogP contribution >= 0.6 is 0 Å². The number of nitrogens with one attached hydrogen (secondary N) is 4. The number of carbonyl (C=O) groups is 2. The quantitative estimate of drug-likeness (QED) is 0.0704. The number of hydrogen-bond acceptors (Lipinski definition) is 7. The highest BCUT2D eigenvalue weighted by atomic mass is 32.2. The summed E-state index contributed by atoms with van der Waals surface area (Å²) in [4.78, 5) is 40.8. The first-order valence-corrected chi connectivity index (χ1v) is 11.9. The molecule has 2 rings (SSSR count). The third-order valence-corrected chi connectivity index (χ3v) is 5.58. The summed E-state index contributed by atoms with van der Waals surface area (Å²) in [5, 5.41) is 14.2. The predicted molar refractivity (Wildman–Crippen MR) is 126 cm³/mol. The monoisotopic (exact) mass is 568 g/mol. The summed E-state index contributed by atoms with van der Waals surface area (Å²) < 4.78 is 72.5. The SMILES string of the molecule is Cc1cc(C(CCONC(=N)N)C(N)=O)c(NS(=O)(=O)Cc2cccc(F)c2)c(=O)[nH]1.O=C(O)C(F)(F)F. The smallest absolute Gasteiger partial charge is 0.475 e. The standard InChI is InChI=1S/C18H23FN6O5S.C2HF3O2/c1-10-7-14(13(16(20)26)5-6-30-24-18(21)22)15(17(27)23-10)25-31(28,29)9-11-3-2-4-12(19)8-11;3-2(4,5)1(6)7/h2-4,7-8,13,25H,5-6,9H2,1H3,(H2,20,26)(H,23,27)(H4,21,22,24);(H,6,7). The second-order valence-corrected chi connectivity index (χ2v) is 9.24. The van der Waals surface area contributed by atoms with Crippen molar-refractivity contribution < 1.29 is 45.5 Å². The predicted octanol–water partition coefficient (Wildman–Crippen LogP) is 0.771. The van der Waals surface area contributed by atoms with Gasteiger partial charge in [-0.2, -0.15) is 13.2 Å². The second kappa shape index (κ2) is 13.4. The summed E-state index contributed by atoms with van der Waals surface area (Å²) in [5.74, 6) is -6.30. The van der Waals surface area contributed by atoms with Crippen molar-refractivity contribution in [2.75, 3.05) is 11.3 Å². The number of carboxylic acid groups (broad SMARTS) is 1. The fourth-order valence-electron chi connectivity index (χ4n) is 2.89. The summed E-state index contributed by atoms with van der Waals surface area (Å²) in [6.07, 6.45) is -5.11. The molecule has 0 saturated carbocycles. The van der Waals surface area contributed by atoms with Crippen molar-refractivity contribution in [3.05, 3.63) is 63.3 Å². The number of amides is 1. The van der Waals surface area contributed by atoms with E-state index in [4.69, 9.17) is 31.6 Å². The number of carbonyl (C=O) groups excluding carboxylic acids is 1. The van der Waals surface area contributed by atoms with E-state index in [1.54, 1.807) is 6.92 Å². The third kappa shape index (κ3) is 10.8. The molecule has 0 bridgehead atoms. The highest BCUT2D eigenvalue weighted by Crippen LogP contribution is 2.26. The molecule has 9 N–H and O–H groups in total. The lowest BCUT2D eigenvalue weighted by atomic mass is 9.94. The van der Waals surface area contributed by atoms with Crippen LogP contribution in [0.2, 0.25) is 0 Å². The molecule has 0 aliphatic rings. The Morgan fingerprint density at radius 1 is 1.24 bits per heavy atom. The van der Waals surface area contributed by atoms with Crippen molar-refractivity contribution in [1.82, 2.24) is 10.5 Å². The first-order valence-electron chi connectivity index (χ1n) is 10.2. The van der Waals surface area contributed by atoms with Crippen LogP contribution in [0.3, 0.4) is 0 Å². The minimum Gasteiger partial charge on any atom is -0.475 e. The van der Waals surface area contributed by atoms with Crippen LogP contribution in [0, 0.1) is 18.2 Å². The molecule has 13 nitrogen and oxygen atoms in total. The summed E-state index contributed by atoms with van der Waals surface area (Å²) in [6.45, 7) is 1.44. The van der Waals surface area contributed by atoms with Crippen LogP contribution in [0.25, 0.3) is 0 Å². The number of alkyl halides is 3. The fraction of sp³-hybridized carbons (Fsp3) is 0.300. The number of anilines is 1. The molecule has 0 aliphatic carbocycles. The van der Waals surface area contributed by atoms with Crippen molar-refractivity contribution in [2.45, 2.75) is 31.2 Å². The van der Waals surface area contributed by atoms with E-state index in [9.17, 15) is 35.6 Å². The maximum atomic E-state index is 13.4. The number of rotatable bonds is 10. The van der Waals surface area contributed by atoms with Crippen LogP contribution in [0.4, 0.5) is 23.2 Å². The lowest BCUT2D eigenvalue weighted by Gasteiger charge is -2.19. The normalized spacial score (nSPS) is 12.0. The number of benzene rings is 1. The molecule has 0 spiro atoms. The highest BCUT2D eigenvalue weighted by Gasteiger charge is 2.38. The Labute approximate surface area is 212 Å². The Bertz CT molecular complexity index is 1330. The molecule has 1 aromatic carbocycles. The molecule has 1 unspecified atom stereocenters. The van der Waals surface area contributed by atoms with Gasteiger partial charge in [0.25, 0.3) is 5.56 Å². The van der Waals surface area contributed by atoms with Crippen molar-refractivity contribution >= 4 is 33.5 Å². The van der Waals surface area contributed by atoms with E-state index in [1.807, 2.05) is 0 Å². The number of hydroxylamine groups is 1. The van der Waals surface area contributed by atoms with Gasteiger partial charge in [-0.15, -0.1) is 0 Å². The molecule has 0 radical (unpaired) electrons. The van der Waals surface area contributed by atoms with E-state index in [0.29, 0.717) is 5.69 Å². The third-order valence-electron chi connectivity index (χ3n) is 4.35. The summed E-state index contributed by atoms with van der Waals surface area (Å²) in [6, 6.07) is 6.45. The maximum absolute atomic E-state index is 13.4. The Morgan fingerprint density at radius 3 is 2.34 bits per heavy atom. The number of hydrogen-bond donors (Lipinski definition) is 7. The van der Waals surface area contributed by atoms with Crippen molar-refractivity contribution in [1.29, 1.82) is 5.41 Å². The number of aryl methyl sites for hydroxylation is 1. The summed E-state index contributed by atoms with van der Waals surface area (Å²) in [7, 11) is -4.13. The number of sulfonamides is 1. The first kappa shape index (κ1) is 31.8. The van der Waals surface area contributed by atoms with Crippen LogP contribution in [0.15, 0.2) is 35.1 Å². The van der Waals surface area contributed by atoms with E-state index in [2.05, 4.69) is 15.2 Å². The average Bonchev–Trinajstić information content (AvgIpc) is 2.74. The molecular formula is C20H24F4N6O7S. The lowest BCUT2D eigenvalue weighted by Crippen LogP contribution is -2.32. The largest absolute Gasteiger partial charge is 0.490 e. The number of pyridine rings is 1. The summed E-state index contributed by atoms with van der Waals surface area (Å²) >= 11 is 0. The van der Waals surface area contributed by atoms with Gasteiger partial charge in [0, 0.05) is 5.69 Å². The van der Waals surface area contributed by atoms with Gasteiger partial charge in [-0.25, -0.2) is 23.1 Å². The van der Waals surface area contributed by atoms with Gasteiger partial charge < -0.3 is 21.6 Å². The first-order chi connectivity index (χ1) is 17.4. The van der Waals surface area contributed by atoms with Gasteiger partial charge in [-0.05, 0) is 42.7 Å². The number of primary amides is 1. The van der Waals surface area contributed by atoms with Gasteiger partial charge in [0.2, 0.25) is 21.9 Å². The lowest BCUT2D eigenvalue weighted by molar-refractivity contribution is -0.192. The zero-order valence-electron chi connectivity index (χ0n) is 19.6. The Kier molecular flexibility index (Phi) is 11.2. The van der Waals surface area contributed by atoms with Gasteiger partial charge in [-0.3, -0.25) is 24.6 Å². The number of aromatic nitrogens is 1. The average molecular weight is 569 g/mol. The minimum absolute atomic E-state index is 0.0306. The number of aliphatic carboxylic acids is 1. The molecular weight excluding hydrogens is 544 g/mol. The van der Waals surface area contributed by atoms with Crippen molar-refractivity contribution in [3.8, 4) is 0 Å². The zero-order chi connectivity index (χ0) is 29.3. The molecule has 1 atom stereocenters. The molecule has 18 heteroatoms. The fourth-order valence-corrected chi connectivity index (χ4v) is 4.10. The van der Waals surface area contributed by atoms with Crippen LogP contribution in [-0.2, 0) is 30.2 Å². The van der Waals surface area contributed by atoms with Crippen LogP contribution in [-0.4, -0.2) is 49.1 Å². The van der Waals surface area contributed by atoms with Crippen LogP contribution in [0.1, 0.15) is 29.2 Å². The summed E-state index contributed by atoms with van der Waals surface area (Å²) in [5.41, 5.74) is 12.1. The number of H-pyrrole nitrogens is 1. The zero-order valence-corrected chi connectivity index (χ0v) is 20.4. The molecule has 210 valence electrons. The van der Waals surface area contributed by atoms with Crippen LogP contribution in [0.5, 0.6) is 0 Å². The van der Waals surface area contributed by atoms with Crippen LogP contribution < -0.4 is 27.2 Å². The van der Waals surface area contributed by atoms with E-state index < -0.39 is 57.1 Å². The van der Waals surface area contributed by atoms with E-state index >= 15 is 0 Å². The molecule has 0 saturated heterocycles. The number of aromatic amines is 1. The van der Waals surface area contributed by atoms with Gasteiger partial charge in [0.1, 0.15) is 11.5 Å². The maximum Gasteiger partial charge on any atom is 0.490 e. The second-order valence-electron chi connectivity index (χ2n) is 7.51. The number of halogens is 4. The van der Waals surface area contributed by atoms with Gasteiger partial charge in [-0.1, -0.05) is 12.1 Å². The molecule has 1 heterocycles. The minimum atomic E-state index is -5.08. The molecule has 1 aromatic heterocycles. The van der Waals surface area contributed by atoms with Gasteiger partial charge in [0.15, 0.2) is 0 Å². The Hall–Kier alpha value is -4.19. The van der Waals surface area contributed by atoms with E-state index in [-0.39, 0.29) is 29.8 Å². The molecule has 2 aromatic rings. The molecule has 38 heavy (non-hydrogen) atoms. The molecule has 0 aliphatic heterocycles. The topological polar surface area (TPSA) is 231 Å². The van der Waals surface area contributed by atoms with E-state index in [0.717, 1.165) is 6.07 Å². The van der Waals surface area contributed by atoms with Gasteiger partial charge in [0.05, 0.1) is 18.3 Å². The van der Waals surface area contributed by atoms with Crippen molar-refractivity contribution in [3.63, 3.8) is 0 Å². The Balaban J connectivity index is 0.000000905. The number of nitrogens with two attached hydrogens (primary N) is 2.